The van der Waals surface area contributed by atoms with Crippen LogP contribution in [0.5, 0.6) is 0 Å². The summed E-state index contributed by atoms with van der Waals surface area (Å²) in [5.41, 5.74) is 0.586. The fourth-order valence-corrected chi connectivity index (χ4v) is 3.57. The first-order valence-electron chi connectivity index (χ1n) is 5.14. The third-order valence-corrected chi connectivity index (χ3v) is 4.39. The van der Waals surface area contributed by atoms with Gasteiger partial charge in [0, 0.05) is 30.4 Å². The summed E-state index contributed by atoms with van der Waals surface area (Å²) >= 11 is 0. The van der Waals surface area contributed by atoms with Gasteiger partial charge in [0.05, 0.1) is 4.92 Å². The fourth-order valence-electron chi connectivity index (χ4n) is 1.58. The molecule has 3 N–H and O–H groups in total. The molecule has 1 aromatic rings. The molecule has 0 saturated carbocycles. The highest BCUT2D eigenvalue weighted by atomic mass is 31.2. The number of rotatable bonds is 3. The second-order valence-corrected chi connectivity index (χ2v) is 5.93. The molecular formula is C9H13N4O3P. The molecule has 0 aromatic heterocycles. The van der Waals surface area contributed by atoms with E-state index in [2.05, 4.69) is 15.3 Å². The molecule has 0 amide bonds. The summed E-state index contributed by atoms with van der Waals surface area (Å²) in [5.74, 6) is 0. The third kappa shape index (κ3) is 2.82. The van der Waals surface area contributed by atoms with E-state index in [0.29, 0.717) is 12.2 Å². The van der Waals surface area contributed by atoms with Crippen LogP contribution in [0, 0.1) is 10.1 Å². The third-order valence-electron chi connectivity index (χ3n) is 2.39. The molecule has 7 nitrogen and oxygen atoms in total. The van der Waals surface area contributed by atoms with Crippen LogP contribution in [0.25, 0.3) is 0 Å². The lowest BCUT2D eigenvalue weighted by molar-refractivity contribution is -0.384. The Hall–Kier alpha value is -1.43. The van der Waals surface area contributed by atoms with Gasteiger partial charge >= 0.3 is 7.59 Å². The van der Waals surface area contributed by atoms with Crippen LogP contribution in [0.4, 0.5) is 11.4 Å². The molecular weight excluding hydrogens is 243 g/mol. The van der Waals surface area contributed by atoms with Crippen molar-refractivity contribution in [3.8, 4) is 0 Å². The van der Waals surface area contributed by atoms with Crippen molar-refractivity contribution < 1.29 is 9.49 Å². The van der Waals surface area contributed by atoms with Crippen LogP contribution in [0.3, 0.4) is 0 Å². The maximum absolute atomic E-state index is 12.1. The van der Waals surface area contributed by atoms with E-state index in [1.807, 2.05) is 6.92 Å². The average Bonchev–Trinajstić information content (AvgIpc) is 2.59. The lowest BCUT2D eigenvalue weighted by Crippen LogP contribution is -2.18. The second-order valence-electron chi connectivity index (χ2n) is 3.92. The van der Waals surface area contributed by atoms with Crippen molar-refractivity contribution in [3.63, 3.8) is 0 Å². The predicted octanol–water partition coefficient (Wildman–Crippen LogP) is 1.70. The highest BCUT2D eigenvalue weighted by Crippen LogP contribution is 2.40. The molecule has 2 rings (SSSR count). The molecule has 1 aliphatic heterocycles. The van der Waals surface area contributed by atoms with Gasteiger partial charge in [-0.2, -0.15) is 0 Å². The van der Waals surface area contributed by atoms with E-state index in [-0.39, 0.29) is 11.7 Å². The largest absolute Gasteiger partial charge is 0.313 e. The van der Waals surface area contributed by atoms with Gasteiger partial charge in [0.25, 0.3) is 5.69 Å². The molecule has 0 aliphatic carbocycles. The van der Waals surface area contributed by atoms with Crippen LogP contribution in [-0.4, -0.2) is 17.5 Å². The summed E-state index contributed by atoms with van der Waals surface area (Å²) in [6.07, 6.45) is 0. The van der Waals surface area contributed by atoms with Crippen molar-refractivity contribution in [1.29, 1.82) is 0 Å². The Morgan fingerprint density at radius 3 is 2.59 bits per heavy atom. The van der Waals surface area contributed by atoms with Crippen molar-refractivity contribution >= 4 is 19.0 Å². The Morgan fingerprint density at radius 1 is 1.47 bits per heavy atom. The minimum Gasteiger partial charge on any atom is -0.313 e. The van der Waals surface area contributed by atoms with E-state index in [9.17, 15) is 14.7 Å². The van der Waals surface area contributed by atoms with Crippen LogP contribution in [0.2, 0.25) is 0 Å². The fraction of sp³-hybridized carbons (Fsp3) is 0.333. The lowest BCUT2D eigenvalue weighted by atomic mass is 10.3. The van der Waals surface area contributed by atoms with E-state index >= 15 is 0 Å². The number of benzene rings is 1. The molecule has 1 saturated heterocycles. The minimum atomic E-state index is -2.81. The van der Waals surface area contributed by atoms with Gasteiger partial charge in [0.1, 0.15) is 0 Å². The molecule has 0 bridgehead atoms. The van der Waals surface area contributed by atoms with Gasteiger partial charge in [-0.15, -0.1) is 0 Å². The Kier molecular flexibility index (Phi) is 3.15. The molecule has 1 aliphatic rings. The molecule has 1 fully saturated rings. The molecule has 0 spiro atoms. The summed E-state index contributed by atoms with van der Waals surface area (Å²) in [4.78, 5) is 10.00. The lowest BCUT2D eigenvalue weighted by Gasteiger charge is -2.15. The van der Waals surface area contributed by atoms with Crippen molar-refractivity contribution in [2.75, 3.05) is 11.6 Å². The number of non-ortho nitro benzene ring substituents is 1. The number of hydrogen-bond donors (Lipinski definition) is 3. The zero-order valence-electron chi connectivity index (χ0n) is 9.21. The molecule has 2 unspecified atom stereocenters. The van der Waals surface area contributed by atoms with Crippen LogP contribution in [0.1, 0.15) is 6.92 Å². The van der Waals surface area contributed by atoms with E-state index in [1.54, 1.807) is 0 Å². The zero-order chi connectivity index (χ0) is 12.5. The highest BCUT2D eigenvalue weighted by Gasteiger charge is 2.30. The van der Waals surface area contributed by atoms with Crippen molar-refractivity contribution in [3.05, 3.63) is 34.4 Å². The zero-order valence-corrected chi connectivity index (χ0v) is 10.1. The normalized spacial score (nSPS) is 27.9. The molecule has 92 valence electrons. The minimum absolute atomic E-state index is 0.00883. The number of nitro benzene ring substituents is 1. The summed E-state index contributed by atoms with van der Waals surface area (Å²) in [6.45, 7) is 2.54. The van der Waals surface area contributed by atoms with E-state index < -0.39 is 12.5 Å². The Balaban J connectivity index is 2.09. The van der Waals surface area contributed by atoms with E-state index in [0.717, 1.165) is 0 Å². The van der Waals surface area contributed by atoms with Gasteiger partial charge < -0.3 is 5.09 Å². The molecule has 17 heavy (non-hydrogen) atoms. The Bertz CT molecular complexity index is 476. The van der Waals surface area contributed by atoms with Crippen LogP contribution in [0.15, 0.2) is 24.3 Å². The Morgan fingerprint density at radius 2 is 2.12 bits per heavy atom. The predicted molar refractivity (Wildman–Crippen MR) is 64.9 cm³/mol. The summed E-state index contributed by atoms with van der Waals surface area (Å²) in [7, 11) is -2.81. The molecule has 2 atom stereocenters. The molecule has 1 heterocycles. The number of nitrogens with one attached hydrogen (secondary N) is 3. The summed E-state index contributed by atoms with van der Waals surface area (Å²) in [6, 6.07) is 5.93. The van der Waals surface area contributed by atoms with Gasteiger partial charge in [0.15, 0.2) is 0 Å². The highest BCUT2D eigenvalue weighted by molar-refractivity contribution is 7.61. The molecule has 8 heteroatoms. The number of anilines is 1. The maximum Gasteiger partial charge on any atom is 0.303 e. The first-order valence-corrected chi connectivity index (χ1v) is 6.85. The average molecular weight is 256 g/mol. The monoisotopic (exact) mass is 256 g/mol. The molecule has 0 radical (unpaired) electrons. The van der Waals surface area contributed by atoms with E-state index in [1.165, 1.54) is 24.3 Å². The smallest absolute Gasteiger partial charge is 0.303 e. The van der Waals surface area contributed by atoms with Crippen LogP contribution >= 0.6 is 7.59 Å². The number of nitrogens with zero attached hydrogens (tertiary/aromatic N) is 1. The van der Waals surface area contributed by atoms with Crippen molar-refractivity contribution in [2.45, 2.75) is 13.0 Å². The van der Waals surface area contributed by atoms with Crippen LogP contribution in [-0.2, 0) is 4.57 Å². The van der Waals surface area contributed by atoms with Gasteiger partial charge in [-0.25, -0.2) is 10.2 Å². The first-order chi connectivity index (χ1) is 7.98. The summed E-state index contributed by atoms with van der Waals surface area (Å²) in [5, 5.41) is 19.1. The second kappa shape index (κ2) is 4.44. The van der Waals surface area contributed by atoms with Gasteiger partial charge in [-0.3, -0.25) is 14.7 Å². The van der Waals surface area contributed by atoms with Gasteiger partial charge in [0.2, 0.25) is 0 Å². The van der Waals surface area contributed by atoms with E-state index in [4.69, 9.17) is 0 Å². The SMILES string of the molecule is CC1CNP(=O)(Nc2ccc([N+](=O)[O-])cc2)N1. The maximum atomic E-state index is 12.1. The van der Waals surface area contributed by atoms with Crippen molar-refractivity contribution in [1.82, 2.24) is 10.2 Å². The van der Waals surface area contributed by atoms with Crippen molar-refractivity contribution in [2.24, 2.45) is 0 Å². The number of hydrogen-bond acceptors (Lipinski definition) is 3. The van der Waals surface area contributed by atoms with Gasteiger partial charge in [-0.05, 0) is 19.1 Å². The quantitative estimate of drug-likeness (QED) is 0.432. The number of nitro groups is 1. The first kappa shape index (κ1) is 12.0. The topological polar surface area (TPSA) is 96.3 Å². The Labute approximate surface area is 98.3 Å². The summed E-state index contributed by atoms with van der Waals surface area (Å²) < 4.78 is 12.1. The van der Waals surface area contributed by atoms with Gasteiger partial charge in [-0.1, -0.05) is 0 Å². The molecule has 1 aromatic carbocycles. The van der Waals surface area contributed by atoms with Crippen LogP contribution < -0.4 is 15.3 Å². The standard InChI is InChI=1S/C9H13N4O3P/c1-7-6-10-17(16,11-7)12-8-2-4-9(5-3-8)13(14)15/h2-5,7H,6H2,1H3,(H3,10,11,12,16).